The Bertz CT molecular complexity index is 371. The molecule has 0 radical (unpaired) electrons. The molecule has 0 amide bonds. The van der Waals surface area contributed by atoms with Crippen LogP contribution < -0.4 is 0 Å². The first-order chi connectivity index (χ1) is 7.16. The van der Waals surface area contributed by atoms with Crippen molar-refractivity contribution in [2.45, 2.75) is 39.2 Å². The van der Waals surface area contributed by atoms with Crippen molar-refractivity contribution >= 4 is 5.97 Å². The second-order valence-corrected chi connectivity index (χ2v) is 4.24. The lowest BCUT2D eigenvalue weighted by atomic mass is 9.92. The number of hydrogen-bond donors (Lipinski definition) is 1. The Morgan fingerprint density at radius 3 is 3.27 bits per heavy atom. The summed E-state index contributed by atoms with van der Waals surface area (Å²) >= 11 is 0. The summed E-state index contributed by atoms with van der Waals surface area (Å²) in [5.41, 5.74) is 1.26. The molecule has 0 spiro atoms. The van der Waals surface area contributed by atoms with Gasteiger partial charge in [0.15, 0.2) is 0 Å². The van der Waals surface area contributed by atoms with Gasteiger partial charge in [-0.1, -0.05) is 0 Å². The minimum atomic E-state index is -0.690. The van der Waals surface area contributed by atoms with E-state index >= 15 is 0 Å². The molecule has 1 N–H and O–H groups in total. The molecule has 15 heavy (non-hydrogen) atoms. The van der Waals surface area contributed by atoms with E-state index in [-0.39, 0.29) is 6.42 Å². The maximum Gasteiger partial charge on any atom is 0.303 e. The van der Waals surface area contributed by atoms with Crippen molar-refractivity contribution in [3.8, 4) is 0 Å². The van der Waals surface area contributed by atoms with Gasteiger partial charge in [-0.05, 0) is 32.1 Å². The first-order valence-corrected chi connectivity index (χ1v) is 5.39. The monoisotopic (exact) mass is 208 g/mol. The van der Waals surface area contributed by atoms with E-state index in [9.17, 15) is 4.79 Å². The number of rotatable bonds is 3. The fourth-order valence-corrected chi connectivity index (χ4v) is 2.27. The van der Waals surface area contributed by atoms with Gasteiger partial charge in [-0.2, -0.15) is 0 Å². The lowest BCUT2D eigenvalue weighted by Crippen LogP contribution is -2.20. The van der Waals surface area contributed by atoms with Crippen LogP contribution in [0.2, 0.25) is 0 Å². The molecule has 1 aromatic heterocycles. The Labute approximate surface area is 88.9 Å². The predicted molar refractivity (Wildman–Crippen MR) is 55.6 cm³/mol. The van der Waals surface area contributed by atoms with E-state index in [4.69, 9.17) is 5.11 Å². The number of fused-ring (bicyclic) bond motifs is 1. The van der Waals surface area contributed by atoms with E-state index in [2.05, 4.69) is 9.55 Å². The zero-order valence-corrected chi connectivity index (χ0v) is 8.94. The Kier molecular flexibility index (Phi) is 2.75. The lowest BCUT2D eigenvalue weighted by molar-refractivity contribution is -0.137. The van der Waals surface area contributed by atoms with Gasteiger partial charge in [0, 0.05) is 24.9 Å². The number of carboxylic acids is 1. The van der Waals surface area contributed by atoms with E-state index in [1.54, 1.807) is 0 Å². The number of aromatic nitrogens is 2. The third-order valence-corrected chi connectivity index (χ3v) is 3.16. The number of hydrogen-bond acceptors (Lipinski definition) is 2. The molecule has 4 nitrogen and oxygen atoms in total. The van der Waals surface area contributed by atoms with Gasteiger partial charge >= 0.3 is 5.97 Å². The van der Waals surface area contributed by atoms with E-state index in [1.807, 2.05) is 13.1 Å². The summed E-state index contributed by atoms with van der Waals surface area (Å²) in [6, 6.07) is 0. The maximum atomic E-state index is 10.5. The fraction of sp³-hybridized carbons (Fsp3) is 0.636. The number of carbonyl (C=O) groups is 1. The minimum Gasteiger partial charge on any atom is -0.481 e. The molecular formula is C11H16N2O2. The quantitative estimate of drug-likeness (QED) is 0.821. The molecule has 1 atom stereocenters. The average Bonchev–Trinajstić information content (AvgIpc) is 2.57. The molecule has 0 bridgehead atoms. The summed E-state index contributed by atoms with van der Waals surface area (Å²) < 4.78 is 2.23. The van der Waals surface area contributed by atoms with E-state index in [0.717, 1.165) is 31.6 Å². The van der Waals surface area contributed by atoms with Crippen LogP contribution in [0.25, 0.3) is 0 Å². The van der Waals surface area contributed by atoms with Gasteiger partial charge in [-0.25, -0.2) is 4.98 Å². The van der Waals surface area contributed by atoms with Crippen molar-refractivity contribution < 1.29 is 9.90 Å². The molecule has 0 aliphatic carbocycles. The molecule has 1 aliphatic rings. The van der Waals surface area contributed by atoms with Crippen LogP contribution in [0, 0.1) is 12.8 Å². The van der Waals surface area contributed by atoms with Gasteiger partial charge in [-0.15, -0.1) is 0 Å². The van der Waals surface area contributed by atoms with Gasteiger partial charge < -0.3 is 9.67 Å². The third-order valence-electron chi connectivity index (χ3n) is 3.16. The normalized spacial score (nSPS) is 19.9. The maximum absolute atomic E-state index is 10.5. The highest BCUT2D eigenvalue weighted by atomic mass is 16.4. The standard InChI is InChI=1S/C11H16N2O2/c1-8-12-7-10-6-9(2-3-11(14)15)4-5-13(8)10/h7,9H,2-6H2,1H3,(H,14,15). The Hall–Kier alpha value is -1.32. The van der Waals surface area contributed by atoms with Gasteiger partial charge in [0.25, 0.3) is 0 Å². The zero-order chi connectivity index (χ0) is 10.8. The van der Waals surface area contributed by atoms with Crippen LogP contribution in [0.5, 0.6) is 0 Å². The molecule has 1 unspecified atom stereocenters. The van der Waals surface area contributed by atoms with Crippen LogP contribution in [-0.2, 0) is 17.8 Å². The van der Waals surface area contributed by atoms with Crippen LogP contribution in [0.4, 0.5) is 0 Å². The molecule has 0 aromatic carbocycles. The van der Waals surface area contributed by atoms with Gasteiger partial charge in [0.2, 0.25) is 0 Å². The van der Waals surface area contributed by atoms with Gasteiger partial charge in [-0.3, -0.25) is 4.79 Å². The Morgan fingerprint density at radius 1 is 1.73 bits per heavy atom. The summed E-state index contributed by atoms with van der Waals surface area (Å²) in [4.78, 5) is 14.7. The highest BCUT2D eigenvalue weighted by molar-refractivity contribution is 5.66. The second-order valence-electron chi connectivity index (χ2n) is 4.24. The van der Waals surface area contributed by atoms with E-state index < -0.39 is 5.97 Å². The zero-order valence-electron chi connectivity index (χ0n) is 8.94. The molecule has 1 aliphatic heterocycles. The van der Waals surface area contributed by atoms with Crippen molar-refractivity contribution in [2.24, 2.45) is 5.92 Å². The predicted octanol–water partition coefficient (Wildman–Crippen LogP) is 1.62. The third kappa shape index (κ3) is 2.19. The van der Waals surface area contributed by atoms with Crippen molar-refractivity contribution in [3.63, 3.8) is 0 Å². The highest BCUT2D eigenvalue weighted by Crippen LogP contribution is 2.24. The second kappa shape index (κ2) is 4.04. The fourth-order valence-electron chi connectivity index (χ4n) is 2.27. The molecule has 82 valence electrons. The minimum absolute atomic E-state index is 0.289. The topological polar surface area (TPSA) is 55.1 Å². The van der Waals surface area contributed by atoms with Gasteiger partial charge in [0.05, 0.1) is 0 Å². The van der Waals surface area contributed by atoms with Crippen LogP contribution >= 0.6 is 0 Å². The van der Waals surface area contributed by atoms with E-state index in [1.165, 1.54) is 5.69 Å². The van der Waals surface area contributed by atoms with Crippen molar-refractivity contribution in [1.82, 2.24) is 9.55 Å². The van der Waals surface area contributed by atoms with Crippen LogP contribution in [-0.4, -0.2) is 20.6 Å². The molecule has 0 saturated heterocycles. The van der Waals surface area contributed by atoms with Crippen LogP contribution in [0.1, 0.15) is 30.8 Å². The average molecular weight is 208 g/mol. The Balaban J connectivity index is 1.97. The SMILES string of the molecule is Cc1ncc2n1CCC(CCC(=O)O)C2. The lowest BCUT2D eigenvalue weighted by Gasteiger charge is -2.23. The molecule has 0 saturated carbocycles. The summed E-state index contributed by atoms with van der Waals surface area (Å²) in [5, 5.41) is 8.63. The summed E-state index contributed by atoms with van der Waals surface area (Å²) in [6.07, 6.45) is 5.06. The molecule has 1 aromatic rings. The number of aliphatic carboxylic acids is 1. The number of carboxylic acid groups (broad SMARTS) is 1. The summed E-state index contributed by atoms with van der Waals surface area (Å²) in [6.45, 7) is 3.01. The molecule has 2 rings (SSSR count). The molecular weight excluding hydrogens is 192 g/mol. The van der Waals surface area contributed by atoms with Crippen LogP contribution in [0.15, 0.2) is 6.20 Å². The highest BCUT2D eigenvalue weighted by Gasteiger charge is 2.20. The summed E-state index contributed by atoms with van der Waals surface area (Å²) in [7, 11) is 0. The molecule has 2 heterocycles. The molecule has 4 heteroatoms. The summed E-state index contributed by atoms with van der Waals surface area (Å²) in [5.74, 6) is 0.900. The van der Waals surface area contributed by atoms with E-state index in [0.29, 0.717) is 5.92 Å². The first-order valence-electron chi connectivity index (χ1n) is 5.39. The molecule has 0 fully saturated rings. The number of aryl methyl sites for hydroxylation is 1. The Morgan fingerprint density at radius 2 is 2.53 bits per heavy atom. The van der Waals surface area contributed by atoms with Crippen LogP contribution in [0.3, 0.4) is 0 Å². The van der Waals surface area contributed by atoms with Crippen molar-refractivity contribution in [2.75, 3.05) is 0 Å². The number of imidazole rings is 1. The van der Waals surface area contributed by atoms with Crippen molar-refractivity contribution in [1.29, 1.82) is 0 Å². The number of nitrogens with zero attached hydrogens (tertiary/aromatic N) is 2. The largest absolute Gasteiger partial charge is 0.481 e. The van der Waals surface area contributed by atoms with Crippen molar-refractivity contribution in [3.05, 3.63) is 17.7 Å². The smallest absolute Gasteiger partial charge is 0.303 e. The van der Waals surface area contributed by atoms with Gasteiger partial charge in [0.1, 0.15) is 5.82 Å². The first kappa shape index (κ1) is 10.2.